The third-order valence-corrected chi connectivity index (χ3v) is 7.55. The number of carbonyl (C=O) groups excluding carboxylic acids is 1. The van der Waals surface area contributed by atoms with Gasteiger partial charge in [-0.3, -0.25) is 9.48 Å². The Morgan fingerprint density at radius 2 is 1.82 bits per heavy atom. The molecule has 2 saturated heterocycles. The first kappa shape index (κ1) is 18.9. The smallest absolute Gasteiger partial charge is 0.255 e. The lowest BCUT2D eigenvalue weighted by atomic mass is 10.00. The van der Waals surface area contributed by atoms with E-state index in [2.05, 4.69) is 5.10 Å². The van der Waals surface area contributed by atoms with Crippen LogP contribution in [0.2, 0.25) is 0 Å². The molecule has 0 radical (unpaired) electrons. The van der Waals surface area contributed by atoms with Crippen molar-refractivity contribution in [3.63, 3.8) is 0 Å². The molecule has 4 rings (SSSR count). The van der Waals surface area contributed by atoms with E-state index in [1.807, 2.05) is 24.0 Å². The number of nitrogens with zero attached hydrogens (tertiary/aromatic N) is 3. The highest BCUT2D eigenvalue weighted by Gasteiger charge is 2.47. The van der Waals surface area contributed by atoms with E-state index in [-0.39, 0.29) is 29.6 Å². The van der Waals surface area contributed by atoms with Gasteiger partial charge in [-0.15, -0.1) is 0 Å². The van der Waals surface area contributed by atoms with E-state index in [0.717, 1.165) is 31.2 Å². The number of primary amides is 1. The number of ether oxygens (including phenoxy) is 1. The lowest BCUT2D eigenvalue weighted by Crippen LogP contribution is -2.46. The summed E-state index contributed by atoms with van der Waals surface area (Å²) in [6.07, 6.45) is 7.17. The van der Waals surface area contributed by atoms with E-state index < -0.39 is 15.9 Å². The van der Waals surface area contributed by atoms with E-state index in [4.69, 9.17) is 10.5 Å². The minimum absolute atomic E-state index is 0.0101. The molecular formula is C19H24N4O4S. The fourth-order valence-corrected chi connectivity index (χ4v) is 6.22. The number of fused-ring (bicyclic) bond motifs is 2. The highest BCUT2D eigenvalue weighted by Crippen LogP contribution is 2.43. The molecule has 150 valence electrons. The minimum Gasteiger partial charge on any atom is -0.484 e. The molecular weight excluding hydrogens is 380 g/mol. The lowest BCUT2D eigenvalue weighted by Gasteiger charge is -2.38. The van der Waals surface area contributed by atoms with E-state index in [9.17, 15) is 13.2 Å². The van der Waals surface area contributed by atoms with Crippen LogP contribution in [0, 0.1) is 6.92 Å². The summed E-state index contributed by atoms with van der Waals surface area (Å²) in [4.78, 5) is 11.0. The predicted molar refractivity (Wildman–Crippen MR) is 102 cm³/mol. The molecule has 1 amide bonds. The Bertz CT molecular complexity index is 956. The van der Waals surface area contributed by atoms with Crippen LogP contribution in [0.25, 0.3) is 0 Å². The molecule has 2 fully saturated rings. The number of aryl methyl sites for hydroxylation is 1. The average Bonchev–Trinajstić information content (AvgIpc) is 3.21. The van der Waals surface area contributed by atoms with Gasteiger partial charge in [0.1, 0.15) is 5.75 Å². The van der Waals surface area contributed by atoms with E-state index >= 15 is 0 Å². The quantitative estimate of drug-likeness (QED) is 0.787. The number of carbonyl (C=O) groups is 1. The lowest BCUT2D eigenvalue weighted by molar-refractivity contribution is -0.119. The van der Waals surface area contributed by atoms with Crippen LogP contribution >= 0.6 is 0 Å². The van der Waals surface area contributed by atoms with Crippen molar-refractivity contribution >= 4 is 15.9 Å². The van der Waals surface area contributed by atoms with Gasteiger partial charge < -0.3 is 10.5 Å². The van der Waals surface area contributed by atoms with Gasteiger partial charge in [0.25, 0.3) is 5.91 Å². The first-order valence-electron chi connectivity index (χ1n) is 9.40. The second-order valence-corrected chi connectivity index (χ2v) is 9.41. The maximum atomic E-state index is 13.3. The molecule has 0 aliphatic carbocycles. The molecule has 2 aliphatic rings. The topological polar surface area (TPSA) is 108 Å². The summed E-state index contributed by atoms with van der Waals surface area (Å²) in [5.74, 6) is -0.169. The summed E-state index contributed by atoms with van der Waals surface area (Å²) in [5.41, 5.74) is 6.17. The second kappa shape index (κ2) is 7.21. The molecule has 2 bridgehead atoms. The average molecular weight is 404 g/mol. The largest absolute Gasteiger partial charge is 0.484 e. The molecule has 2 atom stereocenters. The molecule has 0 spiro atoms. The van der Waals surface area contributed by atoms with Crippen LogP contribution in [0.5, 0.6) is 5.75 Å². The molecule has 1 aromatic carbocycles. The molecule has 2 aliphatic heterocycles. The SMILES string of the molecule is Cc1cnn(C2CC3CCC(C2)N3S(=O)(=O)c2ccc(OCC(N)=O)cc2)c1. The highest BCUT2D eigenvalue weighted by molar-refractivity contribution is 7.89. The summed E-state index contributed by atoms with van der Waals surface area (Å²) in [7, 11) is -3.59. The van der Waals surface area contributed by atoms with Gasteiger partial charge >= 0.3 is 0 Å². The number of sulfonamides is 1. The molecule has 3 heterocycles. The standard InChI is InChI=1S/C19H24N4O4S/c1-13-10-21-22(11-13)16-8-14-2-3-15(9-16)23(14)28(25,26)18-6-4-17(5-7-18)27-12-19(20)24/h4-7,10-11,14-16H,2-3,8-9,12H2,1H3,(H2,20,24). The highest BCUT2D eigenvalue weighted by atomic mass is 32.2. The number of hydrogen-bond acceptors (Lipinski definition) is 5. The molecule has 2 aromatic rings. The summed E-state index contributed by atoms with van der Waals surface area (Å²) < 4.78 is 35.4. The number of piperidine rings is 1. The van der Waals surface area contributed by atoms with Crippen molar-refractivity contribution < 1.29 is 17.9 Å². The van der Waals surface area contributed by atoms with Crippen molar-refractivity contribution in [1.29, 1.82) is 0 Å². The fourth-order valence-electron chi connectivity index (χ4n) is 4.33. The van der Waals surface area contributed by atoms with Crippen molar-refractivity contribution in [2.24, 2.45) is 5.73 Å². The van der Waals surface area contributed by atoms with Gasteiger partial charge in [-0.05, 0) is 62.4 Å². The monoisotopic (exact) mass is 404 g/mol. The number of rotatable bonds is 6. The van der Waals surface area contributed by atoms with Crippen LogP contribution in [0.1, 0.15) is 37.3 Å². The van der Waals surface area contributed by atoms with Gasteiger partial charge in [-0.2, -0.15) is 9.40 Å². The zero-order valence-corrected chi connectivity index (χ0v) is 16.5. The Balaban J connectivity index is 1.51. The first-order valence-corrected chi connectivity index (χ1v) is 10.8. The van der Waals surface area contributed by atoms with E-state index in [1.54, 1.807) is 16.4 Å². The summed E-state index contributed by atoms with van der Waals surface area (Å²) in [6.45, 7) is 1.77. The van der Waals surface area contributed by atoms with Crippen LogP contribution in [0.4, 0.5) is 0 Å². The Hall–Kier alpha value is -2.39. The normalized spacial score (nSPS) is 25.0. The fraction of sp³-hybridized carbons (Fsp3) is 0.474. The van der Waals surface area contributed by atoms with Gasteiger partial charge in [0.2, 0.25) is 10.0 Å². The van der Waals surface area contributed by atoms with Crippen molar-refractivity contribution in [3.05, 3.63) is 42.2 Å². The van der Waals surface area contributed by atoms with Crippen LogP contribution in [-0.2, 0) is 14.8 Å². The molecule has 2 N–H and O–H groups in total. The third kappa shape index (κ3) is 3.51. The van der Waals surface area contributed by atoms with E-state index in [1.165, 1.54) is 12.1 Å². The molecule has 8 nitrogen and oxygen atoms in total. The summed E-state index contributed by atoms with van der Waals surface area (Å²) >= 11 is 0. The number of amides is 1. The first-order chi connectivity index (χ1) is 13.3. The second-order valence-electron chi connectivity index (χ2n) is 7.57. The van der Waals surface area contributed by atoms with Crippen LogP contribution in [-0.4, -0.2) is 47.1 Å². The molecule has 0 saturated carbocycles. The molecule has 28 heavy (non-hydrogen) atoms. The number of aromatic nitrogens is 2. The Morgan fingerprint density at radius 3 is 2.36 bits per heavy atom. The zero-order chi connectivity index (χ0) is 19.9. The van der Waals surface area contributed by atoms with Gasteiger partial charge in [-0.1, -0.05) is 0 Å². The van der Waals surface area contributed by atoms with Crippen LogP contribution in [0.3, 0.4) is 0 Å². The number of nitrogens with two attached hydrogens (primary N) is 1. The molecule has 1 aromatic heterocycles. The van der Waals surface area contributed by atoms with Gasteiger partial charge in [0, 0.05) is 18.3 Å². The van der Waals surface area contributed by atoms with Crippen molar-refractivity contribution in [2.45, 2.75) is 55.6 Å². The zero-order valence-electron chi connectivity index (χ0n) is 15.7. The minimum atomic E-state index is -3.59. The Labute approximate surface area is 164 Å². The van der Waals surface area contributed by atoms with Crippen molar-refractivity contribution in [2.75, 3.05) is 6.61 Å². The van der Waals surface area contributed by atoms with E-state index in [0.29, 0.717) is 5.75 Å². The number of hydrogen-bond donors (Lipinski definition) is 1. The summed E-state index contributed by atoms with van der Waals surface area (Å²) in [6, 6.07) is 6.37. The van der Waals surface area contributed by atoms with Gasteiger partial charge in [0.05, 0.1) is 17.1 Å². The maximum Gasteiger partial charge on any atom is 0.255 e. The Kier molecular flexibility index (Phi) is 4.88. The molecule has 2 unspecified atom stereocenters. The molecule has 9 heteroatoms. The Morgan fingerprint density at radius 1 is 1.18 bits per heavy atom. The predicted octanol–water partition coefficient (Wildman–Crippen LogP) is 1.61. The van der Waals surface area contributed by atoms with Gasteiger partial charge in [-0.25, -0.2) is 8.42 Å². The van der Waals surface area contributed by atoms with Crippen LogP contribution in [0.15, 0.2) is 41.6 Å². The maximum absolute atomic E-state index is 13.3. The third-order valence-electron chi connectivity index (χ3n) is 5.53. The number of benzene rings is 1. The van der Waals surface area contributed by atoms with Crippen molar-refractivity contribution in [1.82, 2.24) is 14.1 Å². The van der Waals surface area contributed by atoms with Gasteiger partial charge in [0.15, 0.2) is 6.61 Å². The summed E-state index contributed by atoms with van der Waals surface area (Å²) in [5, 5.41) is 4.42. The van der Waals surface area contributed by atoms with Crippen LogP contribution < -0.4 is 10.5 Å². The van der Waals surface area contributed by atoms with Crippen molar-refractivity contribution in [3.8, 4) is 5.75 Å².